The number of aryl methyl sites for hydroxylation is 1. The van der Waals surface area contributed by atoms with Gasteiger partial charge >= 0.3 is 0 Å². The smallest absolute Gasteiger partial charge is 0.194 e. The molecule has 0 aliphatic carbocycles. The van der Waals surface area contributed by atoms with Crippen LogP contribution in [-0.4, -0.2) is 5.78 Å². The summed E-state index contributed by atoms with van der Waals surface area (Å²) in [5, 5.41) is 2.25. The van der Waals surface area contributed by atoms with Crippen molar-refractivity contribution < 1.29 is 4.79 Å². The van der Waals surface area contributed by atoms with Crippen LogP contribution < -0.4 is 0 Å². The molecule has 0 spiro atoms. The maximum absolute atomic E-state index is 12.5. The van der Waals surface area contributed by atoms with Gasteiger partial charge in [0.25, 0.3) is 0 Å². The minimum Gasteiger partial charge on any atom is -0.289 e. The van der Waals surface area contributed by atoms with Crippen LogP contribution in [-0.2, 0) is 0 Å². The molecular weight excluding hydrogens is 320 g/mol. The summed E-state index contributed by atoms with van der Waals surface area (Å²) in [4.78, 5) is 13.6. The van der Waals surface area contributed by atoms with E-state index in [0.717, 1.165) is 30.6 Å². The third kappa shape index (κ3) is 2.36. The molecule has 1 nitrogen and oxygen atoms in total. The van der Waals surface area contributed by atoms with Crippen LogP contribution in [0.4, 0.5) is 0 Å². The predicted molar refractivity (Wildman–Crippen MR) is 84.1 cm³/mol. The summed E-state index contributed by atoms with van der Waals surface area (Å²) < 4.78 is 0.995. The maximum atomic E-state index is 12.5. The molecule has 3 heteroatoms. The molecule has 0 fully saturated rings. The first kappa shape index (κ1) is 12.6. The second-order valence-corrected chi connectivity index (χ2v) is 7.05. The molecule has 3 rings (SSSR count). The van der Waals surface area contributed by atoms with Gasteiger partial charge in [-0.1, -0.05) is 36.4 Å². The summed E-state index contributed by atoms with van der Waals surface area (Å²) in [7, 11) is 0. The van der Waals surface area contributed by atoms with Gasteiger partial charge < -0.3 is 0 Å². The molecule has 0 aliphatic rings. The Hall–Kier alpha value is -1.45. The first-order chi connectivity index (χ1) is 9.15. The lowest BCUT2D eigenvalue weighted by molar-refractivity contribution is 0.103. The number of hydrogen-bond acceptors (Lipinski definition) is 2. The van der Waals surface area contributed by atoms with Crippen LogP contribution in [0.15, 0.2) is 52.3 Å². The molecule has 19 heavy (non-hydrogen) atoms. The Balaban J connectivity index is 2.09. The monoisotopic (exact) mass is 330 g/mol. The van der Waals surface area contributed by atoms with Crippen molar-refractivity contribution in [3.8, 4) is 0 Å². The van der Waals surface area contributed by atoms with Crippen LogP contribution in [0.5, 0.6) is 0 Å². The number of hydrogen-bond donors (Lipinski definition) is 0. The largest absolute Gasteiger partial charge is 0.289 e. The third-order valence-electron chi connectivity index (χ3n) is 3.14. The zero-order chi connectivity index (χ0) is 13.4. The Morgan fingerprint density at radius 1 is 1.05 bits per heavy atom. The minimum absolute atomic E-state index is 0.0882. The van der Waals surface area contributed by atoms with E-state index in [0.29, 0.717) is 0 Å². The van der Waals surface area contributed by atoms with Crippen molar-refractivity contribution in [2.45, 2.75) is 6.92 Å². The summed E-state index contributed by atoms with van der Waals surface area (Å²) in [6.07, 6.45) is 0. The number of thiophene rings is 1. The highest BCUT2D eigenvalue weighted by Crippen LogP contribution is 2.28. The molecule has 0 amide bonds. The molecule has 94 valence electrons. The third-order valence-corrected chi connectivity index (χ3v) is 4.70. The molecule has 0 saturated carbocycles. The highest BCUT2D eigenvalue weighted by atomic mass is 79.9. The SMILES string of the molecule is Cc1sc(Br)cc1C(=O)c1ccc2ccccc2c1. The molecule has 1 aromatic heterocycles. The van der Waals surface area contributed by atoms with E-state index in [4.69, 9.17) is 0 Å². The van der Waals surface area contributed by atoms with E-state index >= 15 is 0 Å². The van der Waals surface area contributed by atoms with Gasteiger partial charge in [0.05, 0.1) is 3.79 Å². The van der Waals surface area contributed by atoms with E-state index in [9.17, 15) is 4.79 Å². The lowest BCUT2D eigenvalue weighted by Crippen LogP contribution is -2.01. The van der Waals surface area contributed by atoms with E-state index < -0.39 is 0 Å². The molecular formula is C16H11BrOS. The van der Waals surface area contributed by atoms with Crippen LogP contribution in [0, 0.1) is 6.92 Å². The molecule has 3 aromatic rings. The maximum Gasteiger partial charge on any atom is 0.194 e. The van der Waals surface area contributed by atoms with Crippen LogP contribution in [0.1, 0.15) is 20.8 Å². The molecule has 0 bridgehead atoms. The number of carbonyl (C=O) groups is 1. The van der Waals surface area contributed by atoms with Crippen molar-refractivity contribution in [2.75, 3.05) is 0 Å². The molecule has 0 aliphatic heterocycles. The van der Waals surface area contributed by atoms with Gasteiger partial charge in [-0.05, 0) is 45.8 Å². The Labute approximate surface area is 124 Å². The highest BCUT2D eigenvalue weighted by molar-refractivity contribution is 9.11. The quantitative estimate of drug-likeness (QED) is 0.590. The van der Waals surface area contributed by atoms with Crippen LogP contribution >= 0.6 is 27.3 Å². The minimum atomic E-state index is 0.0882. The van der Waals surface area contributed by atoms with E-state index in [1.54, 1.807) is 11.3 Å². The number of benzene rings is 2. The average Bonchev–Trinajstić information content (AvgIpc) is 2.76. The van der Waals surface area contributed by atoms with Gasteiger partial charge in [-0.3, -0.25) is 4.79 Å². The Bertz CT molecular complexity index is 773. The van der Waals surface area contributed by atoms with Crippen LogP contribution in [0.3, 0.4) is 0 Å². The number of halogens is 1. The topological polar surface area (TPSA) is 17.1 Å². The van der Waals surface area contributed by atoms with Crippen molar-refractivity contribution in [3.63, 3.8) is 0 Å². The first-order valence-electron chi connectivity index (χ1n) is 5.94. The lowest BCUT2D eigenvalue weighted by Gasteiger charge is -2.03. The second kappa shape index (κ2) is 4.91. The zero-order valence-electron chi connectivity index (χ0n) is 10.3. The lowest BCUT2D eigenvalue weighted by atomic mass is 10.0. The fourth-order valence-corrected chi connectivity index (χ4v) is 3.85. The number of ketones is 1. The summed E-state index contributed by atoms with van der Waals surface area (Å²) >= 11 is 5.02. The molecule has 0 unspecified atom stereocenters. The first-order valence-corrected chi connectivity index (χ1v) is 7.55. The van der Waals surface area contributed by atoms with Gasteiger partial charge in [0.2, 0.25) is 0 Å². The zero-order valence-corrected chi connectivity index (χ0v) is 12.7. The fourth-order valence-electron chi connectivity index (χ4n) is 2.16. The van der Waals surface area contributed by atoms with Gasteiger partial charge in [-0.25, -0.2) is 0 Å². The second-order valence-electron chi connectivity index (χ2n) is 4.41. The normalized spacial score (nSPS) is 10.8. The molecule has 2 aromatic carbocycles. The summed E-state index contributed by atoms with van der Waals surface area (Å²) in [5.41, 5.74) is 1.53. The summed E-state index contributed by atoms with van der Waals surface area (Å²) in [5.74, 6) is 0.0882. The van der Waals surface area contributed by atoms with E-state index in [1.165, 1.54) is 0 Å². The van der Waals surface area contributed by atoms with Crippen LogP contribution in [0.2, 0.25) is 0 Å². The summed E-state index contributed by atoms with van der Waals surface area (Å²) in [6.45, 7) is 1.98. The number of fused-ring (bicyclic) bond motifs is 1. The molecule has 0 atom stereocenters. The van der Waals surface area contributed by atoms with Crippen molar-refractivity contribution in [1.82, 2.24) is 0 Å². The molecule has 0 N–H and O–H groups in total. The van der Waals surface area contributed by atoms with Crippen molar-refractivity contribution in [2.24, 2.45) is 0 Å². The Morgan fingerprint density at radius 2 is 1.79 bits per heavy atom. The van der Waals surface area contributed by atoms with Crippen molar-refractivity contribution in [1.29, 1.82) is 0 Å². The number of rotatable bonds is 2. The van der Waals surface area contributed by atoms with Gasteiger partial charge in [0.1, 0.15) is 0 Å². The van der Waals surface area contributed by atoms with Crippen molar-refractivity contribution >= 4 is 43.8 Å². The Morgan fingerprint density at radius 3 is 2.47 bits per heavy atom. The van der Waals surface area contributed by atoms with Crippen molar-refractivity contribution in [3.05, 3.63) is 68.3 Å². The van der Waals surface area contributed by atoms with E-state index in [-0.39, 0.29) is 5.78 Å². The van der Waals surface area contributed by atoms with E-state index in [1.807, 2.05) is 49.4 Å². The molecule has 1 heterocycles. The number of carbonyl (C=O) groups excluding carboxylic acids is 1. The molecule has 0 saturated heterocycles. The van der Waals surface area contributed by atoms with Gasteiger partial charge in [0, 0.05) is 16.0 Å². The van der Waals surface area contributed by atoms with Gasteiger partial charge in [-0.2, -0.15) is 0 Å². The predicted octanol–water partition coefficient (Wildman–Crippen LogP) is 5.20. The summed E-state index contributed by atoms with van der Waals surface area (Å²) in [6, 6.07) is 15.8. The van der Waals surface area contributed by atoms with Crippen LogP contribution in [0.25, 0.3) is 10.8 Å². The standard InChI is InChI=1S/C16H11BrOS/c1-10-14(9-15(17)19-10)16(18)13-7-6-11-4-2-3-5-12(11)8-13/h2-9H,1H3. The van der Waals surface area contributed by atoms with Gasteiger partial charge in [0.15, 0.2) is 5.78 Å². The average molecular weight is 331 g/mol. The highest BCUT2D eigenvalue weighted by Gasteiger charge is 2.14. The van der Waals surface area contributed by atoms with E-state index in [2.05, 4.69) is 22.0 Å². The Kier molecular flexibility index (Phi) is 3.25. The van der Waals surface area contributed by atoms with Gasteiger partial charge in [-0.15, -0.1) is 11.3 Å². The fraction of sp³-hybridized carbons (Fsp3) is 0.0625. The molecule has 0 radical (unpaired) electrons.